The van der Waals surface area contributed by atoms with Crippen LogP contribution in [-0.2, 0) is 22.6 Å². The first kappa shape index (κ1) is 16.4. The molecule has 3 rings (SSSR count). The number of carbonyl (C=O) groups is 3. The van der Waals surface area contributed by atoms with Crippen LogP contribution >= 0.6 is 0 Å². The van der Waals surface area contributed by atoms with Crippen LogP contribution in [0.5, 0.6) is 0 Å². The van der Waals surface area contributed by atoms with Crippen molar-refractivity contribution in [2.24, 2.45) is 0 Å². The predicted molar refractivity (Wildman–Crippen MR) is 88.1 cm³/mol. The molecule has 2 heterocycles. The zero-order valence-corrected chi connectivity index (χ0v) is 13.5. The molecule has 1 aromatic rings. The first-order valence-electron chi connectivity index (χ1n) is 8.29. The topological polar surface area (TPSA) is 90.5 Å². The van der Waals surface area contributed by atoms with Crippen molar-refractivity contribution in [3.8, 4) is 0 Å². The highest BCUT2D eigenvalue weighted by Crippen LogP contribution is 2.17. The number of carbonyl (C=O) groups excluding carboxylic acids is 3. The molecule has 0 aromatic heterocycles. The van der Waals surface area contributed by atoms with Gasteiger partial charge in [-0.3, -0.25) is 19.8 Å². The third-order valence-corrected chi connectivity index (χ3v) is 4.48. The van der Waals surface area contributed by atoms with E-state index in [1.807, 2.05) is 0 Å². The summed E-state index contributed by atoms with van der Waals surface area (Å²) in [6.45, 7) is 3.31. The van der Waals surface area contributed by atoms with Gasteiger partial charge in [-0.25, -0.2) is 4.79 Å². The highest BCUT2D eigenvalue weighted by molar-refractivity contribution is 6.04. The Labute approximate surface area is 140 Å². The molecule has 7 heteroatoms. The van der Waals surface area contributed by atoms with E-state index in [1.165, 1.54) is 11.1 Å². The Morgan fingerprint density at radius 2 is 2.04 bits per heavy atom. The Hall–Kier alpha value is -2.41. The average molecular weight is 330 g/mol. The lowest BCUT2D eigenvalue weighted by Gasteiger charge is -2.28. The summed E-state index contributed by atoms with van der Waals surface area (Å²) in [5, 5.41) is 7.52. The van der Waals surface area contributed by atoms with Crippen LogP contribution in [0.3, 0.4) is 0 Å². The van der Waals surface area contributed by atoms with E-state index in [0.29, 0.717) is 13.0 Å². The summed E-state index contributed by atoms with van der Waals surface area (Å²) in [7, 11) is 0. The summed E-state index contributed by atoms with van der Waals surface area (Å²) in [6, 6.07) is 7.37. The van der Waals surface area contributed by atoms with E-state index in [-0.39, 0.29) is 18.2 Å². The van der Waals surface area contributed by atoms with Gasteiger partial charge in [-0.05, 0) is 24.0 Å². The lowest BCUT2D eigenvalue weighted by atomic mass is 10.00. The molecular formula is C17H22N4O3. The summed E-state index contributed by atoms with van der Waals surface area (Å²) in [4.78, 5) is 36.6. The van der Waals surface area contributed by atoms with Crippen molar-refractivity contribution in [1.29, 1.82) is 0 Å². The monoisotopic (exact) mass is 330 g/mol. The van der Waals surface area contributed by atoms with Gasteiger partial charge in [-0.15, -0.1) is 0 Å². The maximum atomic E-state index is 11.9. The molecule has 128 valence electrons. The van der Waals surface area contributed by atoms with Crippen LogP contribution in [0.1, 0.15) is 24.0 Å². The quantitative estimate of drug-likeness (QED) is 0.648. The molecule has 2 aliphatic heterocycles. The number of urea groups is 1. The molecule has 0 bridgehead atoms. The number of benzene rings is 1. The number of amides is 4. The van der Waals surface area contributed by atoms with Crippen LogP contribution in [0.4, 0.5) is 4.79 Å². The second-order valence-corrected chi connectivity index (χ2v) is 6.20. The molecule has 1 fully saturated rings. The molecular weight excluding hydrogens is 308 g/mol. The molecule has 2 aliphatic rings. The molecule has 1 aromatic carbocycles. The molecule has 4 amide bonds. The Morgan fingerprint density at radius 1 is 1.25 bits per heavy atom. The van der Waals surface area contributed by atoms with Gasteiger partial charge >= 0.3 is 6.03 Å². The van der Waals surface area contributed by atoms with Crippen LogP contribution in [-0.4, -0.2) is 48.4 Å². The van der Waals surface area contributed by atoms with Gasteiger partial charge in [0.05, 0.1) is 0 Å². The highest BCUT2D eigenvalue weighted by Gasteiger charge is 2.29. The number of fused-ring (bicyclic) bond motifs is 1. The van der Waals surface area contributed by atoms with Crippen molar-refractivity contribution in [3.63, 3.8) is 0 Å². The molecule has 3 N–H and O–H groups in total. The largest absolute Gasteiger partial charge is 0.355 e. The molecule has 24 heavy (non-hydrogen) atoms. The summed E-state index contributed by atoms with van der Waals surface area (Å²) >= 11 is 0. The van der Waals surface area contributed by atoms with E-state index in [1.54, 1.807) is 0 Å². The Balaban J connectivity index is 1.34. The number of hydrogen-bond donors (Lipinski definition) is 3. The van der Waals surface area contributed by atoms with E-state index in [2.05, 4.69) is 45.1 Å². The Bertz CT molecular complexity index is 646. The lowest BCUT2D eigenvalue weighted by Crippen LogP contribution is -2.38. The first-order valence-corrected chi connectivity index (χ1v) is 8.29. The van der Waals surface area contributed by atoms with Gasteiger partial charge in [0.25, 0.3) is 5.91 Å². The van der Waals surface area contributed by atoms with Crippen molar-refractivity contribution >= 4 is 17.8 Å². The summed E-state index contributed by atoms with van der Waals surface area (Å²) in [5.74, 6) is -0.457. The Morgan fingerprint density at radius 3 is 2.79 bits per heavy atom. The molecule has 0 aliphatic carbocycles. The number of hydrogen-bond acceptors (Lipinski definition) is 4. The molecule has 1 saturated heterocycles. The van der Waals surface area contributed by atoms with Gasteiger partial charge in [0.2, 0.25) is 5.91 Å². The van der Waals surface area contributed by atoms with E-state index in [9.17, 15) is 14.4 Å². The zero-order chi connectivity index (χ0) is 16.9. The minimum Gasteiger partial charge on any atom is -0.355 e. The second-order valence-electron chi connectivity index (χ2n) is 6.20. The fourth-order valence-electron chi connectivity index (χ4n) is 3.12. The molecule has 7 nitrogen and oxygen atoms in total. The summed E-state index contributed by atoms with van der Waals surface area (Å²) < 4.78 is 0. The minimum atomic E-state index is -0.596. The molecule has 0 unspecified atom stereocenters. The van der Waals surface area contributed by atoms with Crippen molar-refractivity contribution < 1.29 is 14.4 Å². The van der Waals surface area contributed by atoms with Crippen molar-refractivity contribution in [3.05, 3.63) is 35.4 Å². The van der Waals surface area contributed by atoms with E-state index in [4.69, 9.17) is 0 Å². The van der Waals surface area contributed by atoms with E-state index < -0.39 is 12.1 Å². The normalized spacial score (nSPS) is 20.2. The SMILES string of the molecule is O=C(CC[C@H]1NC(=O)NC1=O)NCCN1CCc2ccccc2C1. The van der Waals surface area contributed by atoms with Crippen LogP contribution in [0.25, 0.3) is 0 Å². The number of nitrogens with one attached hydrogen (secondary N) is 3. The second kappa shape index (κ2) is 7.44. The van der Waals surface area contributed by atoms with Gasteiger partial charge in [-0.2, -0.15) is 0 Å². The first-order chi connectivity index (χ1) is 11.6. The van der Waals surface area contributed by atoms with Crippen molar-refractivity contribution in [2.45, 2.75) is 31.8 Å². The summed E-state index contributed by atoms with van der Waals surface area (Å²) in [6.07, 6.45) is 1.59. The molecule has 0 spiro atoms. The van der Waals surface area contributed by atoms with Crippen LogP contribution in [0, 0.1) is 0 Å². The molecule has 0 saturated carbocycles. The number of rotatable bonds is 6. The van der Waals surface area contributed by atoms with Crippen molar-refractivity contribution in [1.82, 2.24) is 20.9 Å². The van der Waals surface area contributed by atoms with Gasteiger partial charge in [0, 0.05) is 32.6 Å². The molecule has 1 atom stereocenters. The highest BCUT2D eigenvalue weighted by atomic mass is 16.2. The standard InChI is InChI=1S/C17H22N4O3/c22-15(6-5-14-16(23)20-17(24)19-14)18-8-10-21-9-7-12-3-1-2-4-13(12)11-21/h1-4,14H,5-11H2,(H,18,22)(H2,19,20,23,24)/t14-/m1/s1. The smallest absolute Gasteiger partial charge is 0.322 e. The predicted octanol–water partition coefficient (Wildman–Crippen LogP) is 0.149. The average Bonchev–Trinajstić information content (AvgIpc) is 2.90. The zero-order valence-electron chi connectivity index (χ0n) is 13.5. The van der Waals surface area contributed by atoms with Gasteiger partial charge in [-0.1, -0.05) is 24.3 Å². The third-order valence-electron chi connectivity index (χ3n) is 4.48. The lowest BCUT2D eigenvalue weighted by molar-refractivity contribution is -0.122. The van der Waals surface area contributed by atoms with Gasteiger partial charge < -0.3 is 10.6 Å². The fraction of sp³-hybridized carbons (Fsp3) is 0.471. The van der Waals surface area contributed by atoms with Crippen LogP contribution < -0.4 is 16.0 Å². The van der Waals surface area contributed by atoms with Crippen LogP contribution in [0.2, 0.25) is 0 Å². The summed E-state index contributed by atoms with van der Waals surface area (Å²) in [5.41, 5.74) is 2.77. The van der Waals surface area contributed by atoms with E-state index >= 15 is 0 Å². The maximum absolute atomic E-state index is 11.9. The van der Waals surface area contributed by atoms with Crippen LogP contribution in [0.15, 0.2) is 24.3 Å². The van der Waals surface area contributed by atoms with E-state index in [0.717, 1.165) is 26.1 Å². The Kier molecular flexibility index (Phi) is 5.10. The van der Waals surface area contributed by atoms with Gasteiger partial charge in [0.15, 0.2) is 0 Å². The third kappa shape index (κ3) is 4.11. The number of imide groups is 1. The minimum absolute atomic E-state index is 0.0960. The number of nitrogens with zero attached hydrogens (tertiary/aromatic N) is 1. The maximum Gasteiger partial charge on any atom is 0.322 e. The molecule has 0 radical (unpaired) electrons. The fourth-order valence-corrected chi connectivity index (χ4v) is 3.12. The van der Waals surface area contributed by atoms with Gasteiger partial charge in [0.1, 0.15) is 6.04 Å². The van der Waals surface area contributed by atoms with Crippen molar-refractivity contribution in [2.75, 3.05) is 19.6 Å².